The van der Waals surface area contributed by atoms with Gasteiger partial charge in [-0.1, -0.05) is 42.5 Å². The van der Waals surface area contributed by atoms with Crippen molar-refractivity contribution in [1.82, 2.24) is 9.97 Å². The molecule has 0 radical (unpaired) electrons. The predicted molar refractivity (Wildman–Crippen MR) is 165 cm³/mol. The Kier molecular flexibility index (Phi) is 6.61. The van der Waals surface area contributed by atoms with E-state index in [0.29, 0.717) is 22.6 Å². The van der Waals surface area contributed by atoms with Crippen molar-refractivity contribution < 1.29 is 14.3 Å². The zero-order valence-corrected chi connectivity index (χ0v) is 22.7. The number of para-hydroxylation sites is 2. The summed E-state index contributed by atoms with van der Waals surface area (Å²) in [6, 6.07) is 30.9. The number of ether oxygens (including phenoxy) is 1. The molecule has 4 N–H and O–H groups in total. The van der Waals surface area contributed by atoms with E-state index in [2.05, 4.69) is 43.0 Å². The van der Waals surface area contributed by atoms with Gasteiger partial charge < -0.3 is 30.6 Å². The van der Waals surface area contributed by atoms with E-state index in [1.54, 1.807) is 12.1 Å². The minimum atomic E-state index is -0.363. The van der Waals surface area contributed by atoms with E-state index < -0.39 is 0 Å². The van der Waals surface area contributed by atoms with Gasteiger partial charge in [0.25, 0.3) is 11.8 Å². The van der Waals surface area contributed by atoms with Gasteiger partial charge >= 0.3 is 0 Å². The van der Waals surface area contributed by atoms with Crippen LogP contribution in [-0.4, -0.2) is 48.1 Å². The zero-order valence-electron chi connectivity index (χ0n) is 22.7. The molecule has 9 heteroatoms. The molecule has 0 unspecified atom stereocenters. The van der Waals surface area contributed by atoms with E-state index in [1.807, 2.05) is 72.8 Å². The molecule has 7 rings (SSSR count). The van der Waals surface area contributed by atoms with Gasteiger partial charge in [-0.25, -0.2) is 4.98 Å². The van der Waals surface area contributed by atoms with Crippen molar-refractivity contribution in [2.24, 2.45) is 0 Å². The van der Waals surface area contributed by atoms with Crippen LogP contribution in [0.15, 0.2) is 97.1 Å². The number of imidazole rings is 1. The van der Waals surface area contributed by atoms with Crippen LogP contribution in [0, 0.1) is 0 Å². The maximum atomic E-state index is 13.4. The molecule has 2 amide bonds. The molecule has 0 saturated carbocycles. The van der Waals surface area contributed by atoms with Crippen molar-refractivity contribution in [2.45, 2.75) is 0 Å². The number of fused-ring (bicyclic) bond motifs is 2. The Balaban J connectivity index is 1.19. The molecule has 0 spiro atoms. The molecule has 208 valence electrons. The predicted octanol–water partition coefficient (Wildman–Crippen LogP) is 5.58. The van der Waals surface area contributed by atoms with Crippen LogP contribution in [0.25, 0.3) is 22.3 Å². The number of aromatic nitrogens is 2. The molecule has 0 bridgehead atoms. The van der Waals surface area contributed by atoms with Crippen LogP contribution in [-0.2, 0) is 9.53 Å². The second-order valence-electron chi connectivity index (χ2n) is 10.2. The smallest absolute Gasteiger partial charge is 0.291 e. The second kappa shape index (κ2) is 10.9. The zero-order chi connectivity index (χ0) is 28.5. The first-order valence-corrected chi connectivity index (χ1v) is 13.8. The summed E-state index contributed by atoms with van der Waals surface area (Å²) in [5.74, 6) is -0.364. The van der Waals surface area contributed by atoms with Crippen LogP contribution < -0.4 is 20.9 Å². The quantitative estimate of drug-likeness (QED) is 0.203. The summed E-state index contributed by atoms with van der Waals surface area (Å²) < 4.78 is 5.48. The monoisotopic (exact) mass is 556 g/mol. The van der Waals surface area contributed by atoms with Gasteiger partial charge in [0, 0.05) is 35.7 Å². The number of carbonyl (C=O) groups is 2. The first-order chi connectivity index (χ1) is 20.6. The number of nitrogens with zero attached hydrogens (tertiary/aromatic N) is 2. The second-order valence-corrected chi connectivity index (χ2v) is 10.2. The number of benzene rings is 4. The molecule has 9 nitrogen and oxygen atoms in total. The van der Waals surface area contributed by atoms with Crippen LogP contribution in [0.2, 0.25) is 0 Å². The Morgan fingerprint density at radius 1 is 0.833 bits per heavy atom. The molecule has 0 atom stereocenters. The molecule has 0 aliphatic carbocycles. The highest BCUT2D eigenvalue weighted by molar-refractivity contribution is 6.37. The lowest BCUT2D eigenvalue weighted by molar-refractivity contribution is -0.110. The fraction of sp³-hybridized carbons (Fsp3) is 0.121. The number of hydrogen-bond donors (Lipinski definition) is 4. The van der Waals surface area contributed by atoms with E-state index in [4.69, 9.17) is 4.74 Å². The SMILES string of the molecule is O=C1Nc2cc(NC(=O)c3nc4ccccc4[nH]3)ccc2/C1=C(/Nc1ccc(N2CCOCC2)cc1)c1ccccc1. The number of nitrogens with one attached hydrogen (secondary N) is 4. The molecule has 2 aliphatic rings. The number of anilines is 4. The summed E-state index contributed by atoms with van der Waals surface area (Å²) in [5.41, 5.74) is 7.55. The van der Waals surface area contributed by atoms with Crippen molar-refractivity contribution in [1.29, 1.82) is 0 Å². The van der Waals surface area contributed by atoms with Crippen molar-refractivity contribution in [3.63, 3.8) is 0 Å². The van der Waals surface area contributed by atoms with E-state index in [0.717, 1.165) is 59.8 Å². The minimum absolute atomic E-state index is 0.219. The molecule has 4 aromatic carbocycles. The van der Waals surface area contributed by atoms with Crippen LogP contribution in [0.5, 0.6) is 0 Å². The van der Waals surface area contributed by atoms with Crippen molar-refractivity contribution >= 4 is 56.9 Å². The van der Waals surface area contributed by atoms with Gasteiger partial charge in [0.1, 0.15) is 0 Å². The topological polar surface area (TPSA) is 111 Å². The average molecular weight is 557 g/mol. The number of carbonyl (C=O) groups excluding carboxylic acids is 2. The number of hydrogen-bond acceptors (Lipinski definition) is 6. The maximum Gasteiger partial charge on any atom is 0.291 e. The molecule has 2 aliphatic heterocycles. The van der Waals surface area contributed by atoms with Crippen molar-refractivity contribution in [3.05, 3.63) is 114 Å². The summed E-state index contributed by atoms with van der Waals surface area (Å²) in [6.45, 7) is 3.18. The largest absolute Gasteiger partial charge is 0.378 e. The number of amides is 2. The fourth-order valence-corrected chi connectivity index (χ4v) is 5.35. The Hall–Kier alpha value is -5.41. The van der Waals surface area contributed by atoms with Gasteiger partial charge in [0.2, 0.25) is 0 Å². The highest BCUT2D eigenvalue weighted by Gasteiger charge is 2.29. The Bertz CT molecular complexity index is 1790. The molecular formula is C33H28N6O3. The molecular weight excluding hydrogens is 528 g/mol. The lowest BCUT2D eigenvalue weighted by Gasteiger charge is -2.29. The first-order valence-electron chi connectivity index (χ1n) is 13.8. The van der Waals surface area contributed by atoms with E-state index in [1.165, 1.54) is 0 Å². The number of H-pyrrole nitrogens is 1. The summed E-state index contributed by atoms with van der Waals surface area (Å²) in [4.78, 5) is 36.1. The van der Waals surface area contributed by atoms with Crippen LogP contribution in [0.3, 0.4) is 0 Å². The van der Waals surface area contributed by atoms with E-state index in [-0.39, 0.29) is 17.6 Å². The molecule has 1 aromatic heterocycles. The highest BCUT2D eigenvalue weighted by atomic mass is 16.5. The summed E-state index contributed by atoms with van der Waals surface area (Å²) in [7, 11) is 0. The highest BCUT2D eigenvalue weighted by Crippen LogP contribution is 2.39. The van der Waals surface area contributed by atoms with Gasteiger partial charge in [-0.2, -0.15) is 0 Å². The number of rotatable bonds is 6. The Morgan fingerprint density at radius 3 is 2.36 bits per heavy atom. The minimum Gasteiger partial charge on any atom is -0.378 e. The lowest BCUT2D eigenvalue weighted by Crippen LogP contribution is -2.36. The summed E-state index contributed by atoms with van der Waals surface area (Å²) >= 11 is 0. The van der Waals surface area contributed by atoms with Crippen LogP contribution in [0.1, 0.15) is 21.7 Å². The fourth-order valence-electron chi connectivity index (χ4n) is 5.35. The third-order valence-electron chi connectivity index (χ3n) is 7.45. The number of morpholine rings is 1. The Labute approximate surface area is 242 Å². The third-order valence-corrected chi connectivity index (χ3v) is 7.45. The lowest BCUT2D eigenvalue weighted by atomic mass is 9.99. The number of aromatic amines is 1. The van der Waals surface area contributed by atoms with Crippen LogP contribution >= 0.6 is 0 Å². The van der Waals surface area contributed by atoms with Crippen LogP contribution in [0.4, 0.5) is 22.7 Å². The van der Waals surface area contributed by atoms with E-state index in [9.17, 15) is 9.59 Å². The van der Waals surface area contributed by atoms with Gasteiger partial charge in [-0.05, 0) is 60.2 Å². The van der Waals surface area contributed by atoms with Gasteiger partial charge in [0.15, 0.2) is 5.82 Å². The first kappa shape index (κ1) is 25.6. The van der Waals surface area contributed by atoms with Gasteiger partial charge in [-0.15, -0.1) is 0 Å². The van der Waals surface area contributed by atoms with Crippen molar-refractivity contribution in [3.8, 4) is 0 Å². The maximum absolute atomic E-state index is 13.4. The molecule has 1 saturated heterocycles. The Morgan fingerprint density at radius 2 is 1.57 bits per heavy atom. The molecule has 3 heterocycles. The average Bonchev–Trinajstić information content (AvgIpc) is 3.61. The van der Waals surface area contributed by atoms with Crippen molar-refractivity contribution in [2.75, 3.05) is 47.2 Å². The third kappa shape index (κ3) is 4.97. The normalized spacial score (nSPS) is 15.7. The van der Waals surface area contributed by atoms with Gasteiger partial charge in [0.05, 0.1) is 41.2 Å². The van der Waals surface area contributed by atoms with E-state index >= 15 is 0 Å². The molecule has 42 heavy (non-hydrogen) atoms. The molecule has 5 aromatic rings. The standard InChI is InChI=1S/C33H28N6O3/c40-32-29(25-15-12-23(20-28(25)38-32)35-33(41)31-36-26-8-4-5-9-27(26)37-31)30(21-6-2-1-3-7-21)34-22-10-13-24(14-11-22)39-16-18-42-19-17-39/h1-15,20,34H,16-19H2,(H,35,41)(H,36,37)(H,38,40)/b30-29-. The summed E-state index contributed by atoms with van der Waals surface area (Å²) in [5, 5.41) is 9.38. The molecule has 1 fully saturated rings. The summed E-state index contributed by atoms with van der Waals surface area (Å²) in [6.07, 6.45) is 0. The van der Waals surface area contributed by atoms with Gasteiger partial charge in [-0.3, -0.25) is 9.59 Å².